The number of nitriles is 1. The monoisotopic (exact) mass is 657 g/mol. The molecule has 1 heteroatoms. The van der Waals surface area contributed by atoms with E-state index in [4.69, 9.17) is 0 Å². The molecule has 0 radical (unpaired) electrons. The van der Waals surface area contributed by atoms with Crippen LogP contribution in [0.1, 0.15) is 5.56 Å². The smallest absolute Gasteiger partial charge is 0.0991 e. The van der Waals surface area contributed by atoms with Crippen LogP contribution in [0, 0.1) is 11.3 Å². The van der Waals surface area contributed by atoms with Crippen molar-refractivity contribution in [2.45, 2.75) is 0 Å². The molecule has 9 aromatic carbocycles. The normalized spacial score (nSPS) is 11.4. The van der Waals surface area contributed by atoms with Crippen LogP contribution in [0.2, 0.25) is 0 Å². The van der Waals surface area contributed by atoms with Gasteiger partial charge in [0.1, 0.15) is 0 Å². The fourth-order valence-electron chi connectivity index (χ4n) is 8.33. The van der Waals surface area contributed by atoms with Gasteiger partial charge in [-0.25, -0.2) is 0 Å². The van der Waals surface area contributed by atoms with E-state index in [2.05, 4.69) is 170 Å². The van der Waals surface area contributed by atoms with Gasteiger partial charge in [0, 0.05) is 0 Å². The second kappa shape index (κ2) is 12.1. The van der Waals surface area contributed by atoms with E-state index in [1.54, 1.807) is 0 Å². The fourth-order valence-corrected chi connectivity index (χ4v) is 8.33. The topological polar surface area (TPSA) is 23.8 Å². The summed E-state index contributed by atoms with van der Waals surface area (Å²) in [6, 6.07) is 70.0. The molecule has 0 aromatic heterocycles. The van der Waals surface area contributed by atoms with E-state index in [0.717, 1.165) is 11.1 Å². The zero-order valence-corrected chi connectivity index (χ0v) is 28.3. The van der Waals surface area contributed by atoms with Crippen LogP contribution in [-0.2, 0) is 0 Å². The first-order valence-electron chi connectivity index (χ1n) is 17.7. The molecule has 0 fully saturated rings. The Hall–Kier alpha value is -7.01. The highest BCUT2D eigenvalue weighted by Gasteiger charge is 2.30. The molecule has 0 amide bonds. The van der Waals surface area contributed by atoms with Crippen LogP contribution >= 0.6 is 0 Å². The lowest BCUT2D eigenvalue weighted by molar-refractivity contribution is 1.48. The van der Waals surface area contributed by atoms with Crippen LogP contribution in [0.25, 0.3) is 99.4 Å². The maximum atomic E-state index is 9.32. The molecule has 0 N–H and O–H groups in total. The molecule has 0 atom stereocenters. The summed E-state index contributed by atoms with van der Waals surface area (Å²) in [7, 11) is 0. The van der Waals surface area contributed by atoms with Gasteiger partial charge in [0.05, 0.1) is 11.6 Å². The third kappa shape index (κ3) is 4.70. The average Bonchev–Trinajstić information content (AvgIpc) is 3.56. The van der Waals surface area contributed by atoms with Crippen LogP contribution in [0.4, 0.5) is 0 Å². The standard InChI is InChI=1S/C51H31N/c52-32-33-23-25-35(26-24-33)40-17-9-20-43-41(18-10-19-42(40)43)36-27-29-37(30-28-36)46-31-47(34-11-3-1-4-12-34)50-44-21-7-15-38-16-8-22-45(48(38)44)51(50)49(46)39-13-5-2-6-14-39/h1-31H. The van der Waals surface area contributed by atoms with E-state index in [0.29, 0.717) is 5.56 Å². The molecule has 1 aliphatic rings. The molecule has 0 heterocycles. The van der Waals surface area contributed by atoms with Gasteiger partial charge in [-0.1, -0.05) is 170 Å². The van der Waals surface area contributed by atoms with Crippen molar-refractivity contribution in [1.82, 2.24) is 0 Å². The largest absolute Gasteiger partial charge is 0.192 e. The number of hydrogen-bond donors (Lipinski definition) is 0. The van der Waals surface area contributed by atoms with Gasteiger partial charge in [0.15, 0.2) is 0 Å². The van der Waals surface area contributed by atoms with Crippen molar-refractivity contribution >= 4 is 21.5 Å². The Morgan fingerprint density at radius 2 is 0.750 bits per heavy atom. The van der Waals surface area contributed by atoms with Crippen molar-refractivity contribution in [3.05, 3.63) is 194 Å². The summed E-state index contributed by atoms with van der Waals surface area (Å²) < 4.78 is 0. The van der Waals surface area contributed by atoms with Gasteiger partial charge in [0.25, 0.3) is 0 Å². The first-order chi connectivity index (χ1) is 25.8. The lowest BCUT2D eigenvalue weighted by Gasteiger charge is -2.21. The summed E-state index contributed by atoms with van der Waals surface area (Å²) in [4.78, 5) is 0. The SMILES string of the molecule is N#Cc1ccc(-c2cccc3c(-c4ccc(-c5cc(-c6ccccc6)c6c(c5-c5ccccc5)-c5cccc7cccc-6c57)cc4)cccc23)cc1. The zero-order valence-electron chi connectivity index (χ0n) is 28.3. The minimum atomic E-state index is 0.668. The molecule has 0 bridgehead atoms. The van der Waals surface area contributed by atoms with Gasteiger partial charge in [0.2, 0.25) is 0 Å². The summed E-state index contributed by atoms with van der Waals surface area (Å²) in [6.45, 7) is 0. The van der Waals surface area contributed by atoms with Gasteiger partial charge < -0.3 is 0 Å². The molecule has 0 spiro atoms. The van der Waals surface area contributed by atoms with Crippen LogP contribution in [0.3, 0.4) is 0 Å². The molecule has 240 valence electrons. The van der Waals surface area contributed by atoms with E-state index in [1.807, 2.05) is 24.3 Å². The molecular weight excluding hydrogens is 627 g/mol. The Balaban J connectivity index is 1.18. The second-order valence-electron chi connectivity index (χ2n) is 13.5. The van der Waals surface area contributed by atoms with Crippen LogP contribution in [0.5, 0.6) is 0 Å². The first kappa shape index (κ1) is 29.9. The summed E-state index contributed by atoms with van der Waals surface area (Å²) in [5.41, 5.74) is 17.9. The highest BCUT2D eigenvalue weighted by molar-refractivity contribution is 6.22. The summed E-state index contributed by atoms with van der Waals surface area (Å²) >= 11 is 0. The van der Waals surface area contributed by atoms with Crippen LogP contribution in [0.15, 0.2) is 188 Å². The summed E-state index contributed by atoms with van der Waals surface area (Å²) in [5.74, 6) is 0. The third-order valence-corrected chi connectivity index (χ3v) is 10.7. The van der Waals surface area contributed by atoms with Crippen molar-refractivity contribution in [1.29, 1.82) is 5.26 Å². The molecule has 1 aliphatic carbocycles. The highest BCUT2D eigenvalue weighted by Crippen LogP contribution is 2.57. The second-order valence-corrected chi connectivity index (χ2v) is 13.5. The van der Waals surface area contributed by atoms with Crippen molar-refractivity contribution in [3.8, 4) is 84.0 Å². The Kier molecular flexibility index (Phi) is 6.95. The quantitative estimate of drug-likeness (QED) is 0.181. The average molecular weight is 658 g/mol. The Labute approximate surface area is 303 Å². The fraction of sp³-hybridized carbons (Fsp3) is 0. The molecule has 0 aliphatic heterocycles. The summed E-state index contributed by atoms with van der Waals surface area (Å²) in [5, 5.41) is 14.3. The van der Waals surface area contributed by atoms with E-state index in [9.17, 15) is 5.26 Å². The van der Waals surface area contributed by atoms with Gasteiger partial charge in [-0.2, -0.15) is 5.26 Å². The summed E-state index contributed by atoms with van der Waals surface area (Å²) in [6.07, 6.45) is 0. The van der Waals surface area contributed by atoms with Crippen molar-refractivity contribution in [2.75, 3.05) is 0 Å². The third-order valence-electron chi connectivity index (χ3n) is 10.7. The van der Waals surface area contributed by atoms with Crippen LogP contribution in [-0.4, -0.2) is 0 Å². The molecule has 0 saturated heterocycles. The van der Waals surface area contributed by atoms with E-state index in [-0.39, 0.29) is 0 Å². The molecule has 1 nitrogen and oxygen atoms in total. The number of hydrogen-bond acceptors (Lipinski definition) is 1. The lowest BCUT2D eigenvalue weighted by Crippen LogP contribution is -1.94. The van der Waals surface area contributed by atoms with Crippen molar-refractivity contribution in [3.63, 3.8) is 0 Å². The number of nitrogens with zero attached hydrogens (tertiary/aromatic N) is 1. The predicted octanol–water partition coefficient (Wildman–Crippen LogP) is 13.8. The molecule has 52 heavy (non-hydrogen) atoms. The minimum absolute atomic E-state index is 0.668. The lowest BCUT2D eigenvalue weighted by atomic mass is 9.82. The molecule has 0 saturated carbocycles. The first-order valence-corrected chi connectivity index (χ1v) is 17.7. The minimum Gasteiger partial charge on any atom is -0.192 e. The van der Waals surface area contributed by atoms with E-state index in [1.165, 1.54) is 88.3 Å². The molecule has 9 aromatic rings. The predicted molar refractivity (Wildman–Crippen MR) is 218 cm³/mol. The van der Waals surface area contributed by atoms with Gasteiger partial charge in [-0.05, 0) is 118 Å². The Morgan fingerprint density at radius 3 is 1.33 bits per heavy atom. The van der Waals surface area contributed by atoms with Crippen molar-refractivity contribution < 1.29 is 0 Å². The molecule has 10 rings (SSSR count). The van der Waals surface area contributed by atoms with Crippen molar-refractivity contribution in [2.24, 2.45) is 0 Å². The number of benzene rings is 9. The maximum Gasteiger partial charge on any atom is 0.0991 e. The van der Waals surface area contributed by atoms with Gasteiger partial charge >= 0.3 is 0 Å². The Morgan fingerprint density at radius 1 is 0.308 bits per heavy atom. The molecular formula is C51H31N. The van der Waals surface area contributed by atoms with E-state index < -0.39 is 0 Å². The van der Waals surface area contributed by atoms with Crippen LogP contribution < -0.4 is 0 Å². The van der Waals surface area contributed by atoms with Gasteiger partial charge in [-0.3, -0.25) is 0 Å². The highest BCUT2D eigenvalue weighted by atomic mass is 14.3. The van der Waals surface area contributed by atoms with Gasteiger partial charge in [-0.15, -0.1) is 0 Å². The zero-order chi connectivity index (χ0) is 34.6. The number of fused-ring (bicyclic) bond motifs is 4. The maximum absolute atomic E-state index is 9.32. The number of rotatable bonds is 5. The van der Waals surface area contributed by atoms with E-state index >= 15 is 0 Å². The molecule has 0 unspecified atom stereocenters. The Bertz CT molecular complexity index is 2850.